The van der Waals surface area contributed by atoms with E-state index in [1.807, 2.05) is 41.8 Å². The molecule has 0 aliphatic carbocycles. The molecule has 10 heteroatoms. The van der Waals surface area contributed by atoms with Crippen molar-refractivity contribution < 1.29 is 38.2 Å². The lowest BCUT2D eigenvalue weighted by molar-refractivity contribution is -0.292. The number of rotatable bonds is 5. The van der Waals surface area contributed by atoms with Crippen molar-refractivity contribution >= 4 is 21.2 Å². The predicted octanol–water partition coefficient (Wildman–Crippen LogP) is 4.85. The average Bonchev–Trinajstić information content (AvgIpc) is 2.87. The van der Waals surface area contributed by atoms with Gasteiger partial charge in [-0.1, -0.05) is 33.8 Å². The quantitative estimate of drug-likeness (QED) is 0.358. The van der Waals surface area contributed by atoms with Gasteiger partial charge in [-0.2, -0.15) is 0 Å². The summed E-state index contributed by atoms with van der Waals surface area (Å²) in [6.07, 6.45) is 1.25. The number of ether oxygens (including phenoxy) is 4. The Morgan fingerprint density at radius 3 is 2.20 bits per heavy atom. The first-order valence-electron chi connectivity index (χ1n) is 14.4. The number of carbonyl (C=O) groups excluding carboxylic acids is 2. The average molecular weight is 586 g/mol. The number of aliphatic hydroxyl groups is 1. The number of cyclic esters (lactones) is 1. The molecule has 0 spiro atoms. The third-order valence-electron chi connectivity index (χ3n) is 8.46. The first-order chi connectivity index (χ1) is 18.7. The summed E-state index contributed by atoms with van der Waals surface area (Å²) in [5.74, 6) is -0.819. The van der Waals surface area contributed by atoms with Crippen LogP contribution in [-0.2, 0) is 33.1 Å². The van der Waals surface area contributed by atoms with Crippen LogP contribution in [0.5, 0.6) is 0 Å². The van der Waals surface area contributed by atoms with E-state index in [9.17, 15) is 14.7 Å². The Morgan fingerprint density at radius 1 is 0.975 bits per heavy atom. The number of allylic oxidation sites excluding steroid dienone is 3. The second-order valence-electron chi connectivity index (χ2n) is 12.1. The van der Waals surface area contributed by atoms with E-state index < -0.39 is 24.6 Å². The van der Waals surface area contributed by atoms with Gasteiger partial charge in [-0.3, -0.25) is 9.59 Å². The van der Waals surface area contributed by atoms with E-state index in [1.165, 1.54) is 6.08 Å². The van der Waals surface area contributed by atoms with Crippen molar-refractivity contribution in [2.75, 3.05) is 21.2 Å². The van der Waals surface area contributed by atoms with Gasteiger partial charge in [0.25, 0.3) is 0 Å². The molecule has 2 heterocycles. The molecular formula is C30H52NO8P. The maximum atomic E-state index is 13.0. The lowest BCUT2D eigenvalue weighted by Gasteiger charge is -2.48. The van der Waals surface area contributed by atoms with E-state index in [1.54, 1.807) is 27.0 Å². The van der Waals surface area contributed by atoms with Gasteiger partial charge in [0.1, 0.15) is 12.2 Å². The molecule has 0 saturated carbocycles. The van der Waals surface area contributed by atoms with Crippen molar-refractivity contribution in [3.63, 3.8) is 0 Å². The molecule has 0 aromatic heterocycles. The Labute approximate surface area is 243 Å². The fraction of sp³-hybridized carbons (Fsp3) is 0.800. The van der Waals surface area contributed by atoms with E-state index in [2.05, 4.69) is 21.3 Å². The summed E-state index contributed by atoms with van der Waals surface area (Å²) >= 11 is 0. The molecule has 230 valence electrons. The number of aliphatic hydroxyl groups excluding tert-OH is 1. The summed E-state index contributed by atoms with van der Waals surface area (Å²) in [6.45, 7) is 13.5. The molecule has 2 aliphatic heterocycles. The van der Waals surface area contributed by atoms with Gasteiger partial charge in [0.05, 0.1) is 30.5 Å². The number of ketones is 1. The summed E-state index contributed by atoms with van der Waals surface area (Å²) in [5.41, 5.74) is 0.564. The third kappa shape index (κ3) is 9.07. The predicted molar refractivity (Wildman–Crippen MR) is 158 cm³/mol. The van der Waals surface area contributed by atoms with Crippen LogP contribution in [0.25, 0.3) is 0 Å². The zero-order valence-corrected chi connectivity index (χ0v) is 27.1. The molecule has 1 N–H and O–H groups in total. The SMILES string of the molecule is CO[C@@H]1[C@@H](OC2OC(C)C(C)C(N(C)C)C2OP)[C@@H](C)C[C@@H](C)C(=O)/C=C/C(C)=C(\O)C[C@@H](C)OC(=O)C[C@H]1C. The Kier molecular flexibility index (Phi) is 13.7. The van der Waals surface area contributed by atoms with Crippen LogP contribution in [0.15, 0.2) is 23.5 Å². The highest BCUT2D eigenvalue weighted by atomic mass is 31.0. The molecule has 12 atom stereocenters. The van der Waals surface area contributed by atoms with Gasteiger partial charge in [0, 0.05) is 40.9 Å². The van der Waals surface area contributed by atoms with Gasteiger partial charge in [-0.05, 0) is 64.8 Å². The Hall–Kier alpha value is -1.35. The Bertz CT molecular complexity index is 908. The molecule has 0 amide bonds. The van der Waals surface area contributed by atoms with Crippen LogP contribution in [0.2, 0.25) is 0 Å². The zero-order valence-electron chi connectivity index (χ0n) is 26.0. The van der Waals surface area contributed by atoms with Crippen LogP contribution < -0.4 is 0 Å². The second-order valence-corrected chi connectivity index (χ2v) is 12.4. The van der Waals surface area contributed by atoms with E-state index in [0.29, 0.717) is 12.0 Å². The number of nitrogens with zero attached hydrogens (tertiary/aromatic N) is 1. The lowest BCUT2D eigenvalue weighted by Crippen LogP contribution is -2.60. The van der Waals surface area contributed by atoms with Gasteiger partial charge in [-0.25, -0.2) is 0 Å². The summed E-state index contributed by atoms with van der Waals surface area (Å²) in [7, 11) is 8.01. The fourth-order valence-corrected chi connectivity index (χ4v) is 6.24. The van der Waals surface area contributed by atoms with Crippen LogP contribution in [0.1, 0.15) is 67.7 Å². The Balaban J connectivity index is 2.47. The number of hydrogen-bond acceptors (Lipinski definition) is 9. The van der Waals surface area contributed by atoms with Crippen molar-refractivity contribution in [3.05, 3.63) is 23.5 Å². The highest BCUT2D eigenvalue weighted by Crippen LogP contribution is 2.36. The standard InChI is InChI=1S/C30H52NO8P/c1-16-11-12-23(32)17(2)13-18(3)28(27(35-10)19(4)14-25(34)36-20(5)15-24(16)33)38-30-29(39-40)26(31(8)9)21(6)22(7)37-30/h11-12,17-22,26-30,33H,13-15,40H2,1-10H3/b12-11+,24-16-/t17-,18+,19-,20-,21?,22?,26?,27+,28+,29?,30?/m1/s1. The van der Waals surface area contributed by atoms with E-state index in [4.69, 9.17) is 23.5 Å². The number of methoxy groups -OCH3 is 1. The molecule has 0 radical (unpaired) electrons. The van der Waals surface area contributed by atoms with Gasteiger partial charge in [-0.15, -0.1) is 0 Å². The summed E-state index contributed by atoms with van der Waals surface area (Å²) in [6, 6.07) is 0.0426. The van der Waals surface area contributed by atoms with Crippen molar-refractivity contribution in [1.29, 1.82) is 0 Å². The van der Waals surface area contributed by atoms with Crippen LogP contribution in [0.3, 0.4) is 0 Å². The summed E-state index contributed by atoms with van der Waals surface area (Å²) in [5, 5.41) is 10.5. The molecule has 0 bridgehead atoms. The van der Waals surface area contributed by atoms with Crippen LogP contribution >= 0.6 is 9.47 Å². The number of carbonyl (C=O) groups is 2. The minimum absolute atomic E-state index is 0.0402. The smallest absolute Gasteiger partial charge is 0.306 e. The molecule has 2 aliphatic rings. The lowest BCUT2D eigenvalue weighted by atomic mass is 9.83. The Morgan fingerprint density at radius 2 is 1.62 bits per heavy atom. The van der Waals surface area contributed by atoms with E-state index in [0.717, 1.165) is 0 Å². The highest BCUT2D eigenvalue weighted by Gasteiger charge is 2.47. The van der Waals surface area contributed by atoms with Crippen LogP contribution in [0.4, 0.5) is 0 Å². The maximum absolute atomic E-state index is 13.0. The maximum Gasteiger partial charge on any atom is 0.306 e. The first kappa shape index (κ1) is 34.8. The fourth-order valence-electron chi connectivity index (χ4n) is 5.95. The largest absolute Gasteiger partial charge is 0.512 e. The van der Waals surface area contributed by atoms with Crippen molar-refractivity contribution in [2.45, 2.75) is 111 Å². The molecule has 0 aromatic carbocycles. The molecular weight excluding hydrogens is 533 g/mol. The number of hydrogen-bond donors (Lipinski definition) is 1. The van der Waals surface area contributed by atoms with E-state index in [-0.39, 0.29) is 72.3 Å². The van der Waals surface area contributed by atoms with Crippen molar-refractivity contribution in [3.8, 4) is 0 Å². The molecule has 1 fully saturated rings. The zero-order chi connectivity index (χ0) is 30.3. The molecule has 9 nitrogen and oxygen atoms in total. The molecule has 2 rings (SSSR count). The molecule has 6 unspecified atom stereocenters. The van der Waals surface area contributed by atoms with E-state index >= 15 is 0 Å². The minimum Gasteiger partial charge on any atom is -0.512 e. The highest BCUT2D eigenvalue weighted by molar-refractivity contribution is 7.09. The van der Waals surface area contributed by atoms with Gasteiger partial charge < -0.3 is 33.5 Å². The minimum atomic E-state index is -0.687. The molecule has 40 heavy (non-hydrogen) atoms. The first-order valence-corrected chi connectivity index (χ1v) is 14.8. The van der Waals surface area contributed by atoms with Gasteiger partial charge >= 0.3 is 5.97 Å². The third-order valence-corrected chi connectivity index (χ3v) is 8.78. The van der Waals surface area contributed by atoms with Crippen LogP contribution in [0, 0.1) is 23.7 Å². The van der Waals surface area contributed by atoms with Gasteiger partial charge in [0.15, 0.2) is 12.1 Å². The second kappa shape index (κ2) is 15.8. The molecule has 0 aromatic rings. The topological polar surface area (TPSA) is 104 Å². The monoisotopic (exact) mass is 585 g/mol. The summed E-state index contributed by atoms with van der Waals surface area (Å²) < 4.78 is 30.6. The number of esters is 1. The normalized spacial score (nSPS) is 42.0. The summed E-state index contributed by atoms with van der Waals surface area (Å²) in [4.78, 5) is 28.1. The van der Waals surface area contributed by atoms with Crippen LogP contribution in [-0.4, -0.2) is 85.8 Å². The molecule has 1 saturated heterocycles. The van der Waals surface area contributed by atoms with Crippen molar-refractivity contribution in [2.24, 2.45) is 23.7 Å². The number of likely N-dealkylation sites (N-methyl/N-ethyl adjacent to an activating group) is 1. The van der Waals surface area contributed by atoms with Crippen molar-refractivity contribution in [1.82, 2.24) is 4.90 Å². The van der Waals surface area contributed by atoms with Gasteiger partial charge in [0.2, 0.25) is 0 Å².